The van der Waals surface area contributed by atoms with Crippen LogP contribution in [-0.4, -0.2) is 28.3 Å². The van der Waals surface area contributed by atoms with Gasteiger partial charge in [0.05, 0.1) is 18.7 Å². The van der Waals surface area contributed by atoms with E-state index in [2.05, 4.69) is 5.10 Å². The van der Waals surface area contributed by atoms with E-state index >= 15 is 0 Å². The molecule has 0 fully saturated rings. The average Bonchev–Trinajstić information content (AvgIpc) is 3.17. The summed E-state index contributed by atoms with van der Waals surface area (Å²) >= 11 is 0. The lowest BCUT2D eigenvalue weighted by atomic mass is 10.1. The number of ether oxygens (including phenoxy) is 2. The summed E-state index contributed by atoms with van der Waals surface area (Å²) in [6.07, 6.45) is 1.59. The number of nitrogens with two attached hydrogens (primary N) is 1. The number of nitriles is 2. The highest BCUT2D eigenvalue weighted by molar-refractivity contribution is 5.91. The molecule has 1 aromatic heterocycles. The minimum Gasteiger partial charge on any atom is -0.454 e. The third kappa shape index (κ3) is 2.62. The fourth-order valence-electron chi connectivity index (χ4n) is 2.36. The summed E-state index contributed by atoms with van der Waals surface area (Å²) in [6.45, 7) is 0.126. The lowest BCUT2D eigenvalue weighted by molar-refractivity contribution is 0.174. The fourth-order valence-corrected chi connectivity index (χ4v) is 2.36. The molecule has 1 aliphatic heterocycles. The van der Waals surface area contributed by atoms with Crippen molar-refractivity contribution in [1.82, 2.24) is 9.78 Å². The first-order valence-electron chi connectivity index (χ1n) is 7.07. The van der Waals surface area contributed by atoms with Gasteiger partial charge in [0.15, 0.2) is 11.5 Å². The summed E-state index contributed by atoms with van der Waals surface area (Å²) in [5.74, 6) is 1.35. The quantitative estimate of drug-likeness (QED) is 0.806. The molecule has 8 nitrogen and oxygen atoms in total. The lowest BCUT2D eigenvalue weighted by Gasteiger charge is -2.00. The van der Waals surface area contributed by atoms with Crippen molar-refractivity contribution < 1.29 is 14.6 Å². The number of aliphatic hydroxyl groups excluding tert-OH is 1. The summed E-state index contributed by atoms with van der Waals surface area (Å²) in [4.78, 5) is 0. The van der Waals surface area contributed by atoms with Crippen LogP contribution in [-0.2, 0) is 6.54 Å². The predicted molar refractivity (Wildman–Crippen MR) is 84.5 cm³/mol. The van der Waals surface area contributed by atoms with Crippen LogP contribution >= 0.6 is 0 Å². The predicted octanol–water partition coefficient (Wildman–Crippen LogP) is 1.12. The van der Waals surface area contributed by atoms with E-state index in [0.717, 1.165) is 0 Å². The van der Waals surface area contributed by atoms with Crippen molar-refractivity contribution in [2.75, 3.05) is 19.1 Å². The second-order valence-corrected chi connectivity index (χ2v) is 4.95. The van der Waals surface area contributed by atoms with E-state index in [-0.39, 0.29) is 42.6 Å². The minimum atomic E-state index is -0.177. The van der Waals surface area contributed by atoms with Crippen LogP contribution in [0.1, 0.15) is 16.8 Å². The third-order valence-electron chi connectivity index (χ3n) is 3.50. The topological polar surface area (TPSA) is 130 Å². The molecule has 0 aliphatic carbocycles. The van der Waals surface area contributed by atoms with Crippen molar-refractivity contribution in [3.05, 3.63) is 35.0 Å². The Bertz CT molecular complexity index is 902. The molecule has 2 aromatic rings. The molecule has 0 unspecified atom stereocenters. The molecule has 1 aromatic carbocycles. The fraction of sp³-hybridized carbons (Fsp3) is 0.188. The van der Waals surface area contributed by atoms with E-state index in [1.165, 1.54) is 4.68 Å². The molecule has 8 heteroatoms. The Morgan fingerprint density at radius 2 is 2.17 bits per heavy atom. The number of nitrogens with zero attached hydrogens (tertiary/aromatic N) is 4. The van der Waals surface area contributed by atoms with E-state index in [9.17, 15) is 10.5 Å². The molecule has 1 aliphatic rings. The molecule has 3 N–H and O–H groups in total. The smallest absolute Gasteiger partial charge is 0.231 e. The Hall–Kier alpha value is -3.49. The number of allylic oxidation sites excluding steroid dienone is 1. The second kappa shape index (κ2) is 6.32. The van der Waals surface area contributed by atoms with Crippen molar-refractivity contribution in [3.63, 3.8) is 0 Å². The van der Waals surface area contributed by atoms with Gasteiger partial charge < -0.3 is 20.3 Å². The molecule has 0 bridgehead atoms. The molecule has 0 amide bonds. The highest BCUT2D eigenvalue weighted by Gasteiger charge is 2.19. The minimum absolute atomic E-state index is 0.108. The van der Waals surface area contributed by atoms with Gasteiger partial charge >= 0.3 is 0 Å². The number of anilines is 1. The van der Waals surface area contributed by atoms with Gasteiger partial charge in [-0.15, -0.1) is 0 Å². The van der Waals surface area contributed by atoms with Crippen molar-refractivity contribution in [1.29, 1.82) is 10.5 Å². The molecular weight excluding hydrogens is 310 g/mol. The van der Waals surface area contributed by atoms with Crippen molar-refractivity contribution in [2.24, 2.45) is 0 Å². The SMILES string of the molecule is N#CC(=Cc1ccc2c(c1)OCO2)c1nn(CCO)c(N)c1C#N. The normalized spacial score (nSPS) is 12.7. The summed E-state index contributed by atoms with van der Waals surface area (Å²) < 4.78 is 11.9. The molecule has 120 valence electrons. The number of nitrogen functional groups attached to an aromatic ring is 1. The number of aromatic nitrogens is 2. The number of benzene rings is 1. The van der Waals surface area contributed by atoms with Gasteiger partial charge in [-0.3, -0.25) is 0 Å². The summed E-state index contributed by atoms with van der Waals surface area (Å²) in [6, 6.07) is 9.24. The van der Waals surface area contributed by atoms with E-state index in [1.807, 2.05) is 12.1 Å². The number of rotatable bonds is 4. The molecule has 24 heavy (non-hydrogen) atoms. The van der Waals surface area contributed by atoms with E-state index in [1.54, 1.807) is 24.3 Å². The highest BCUT2D eigenvalue weighted by atomic mass is 16.7. The highest BCUT2D eigenvalue weighted by Crippen LogP contribution is 2.34. The lowest BCUT2D eigenvalue weighted by Crippen LogP contribution is -2.07. The Balaban J connectivity index is 2.05. The number of aliphatic hydroxyl groups is 1. The Labute approximate surface area is 137 Å². The largest absolute Gasteiger partial charge is 0.454 e. The van der Waals surface area contributed by atoms with Gasteiger partial charge in [0.25, 0.3) is 0 Å². The maximum absolute atomic E-state index is 9.46. The molecule has 0 radical (unpaired) electrons. The molecule has 2 heterocycles. The summed E-state index contributed by atoms with van der Waals surface area (Å²) in [5, 5.41) is 32.0. The monoisotopic (exact) mass is 323 g/mol. The second-order valence-electron chi connectivity index (χ2n) is 4.95. The zero-order valence-electron chi connectivity index (χ0n) is 12.6. The Kier molecular flexibility index (Phi) is 4.06. The van der Waals surface area contributed by atoms with Gasteiger partial charge in [0, 0.05) is 0 Å². The number of fused-ring (bicyclic) bond motifs is 1. The summed E-state index contributed by atoms with van der Waals surface area (Å²) in [5.41, 5.74) is 7.04. The van der Waals surface area contributed by atoms with Gasteiger partial charge in [-0.05, 0) is 23.8 Å². The summed E-state index contributed by atoms with van der Waals surface area (Å²) in [7, 11) is 0. The van der Waals surface area contributed by atoms with Crippen LogP contribution < -0.4 is 15.2 Å². The zero-order valence-corrected chi connectivity index (χ0v) is 12.6. The average molecular weight is 323 g/mol. The van der Waals surface area contributed by atoms with Crippen LogP contribution in [0.2, 0.25) is 0 Å². The van der Waals surface area contributed by atoms with Gasteiger partial charge in [-0.1, -0.05) is 6.07 Å². The molecular formula is C16H13N5O3. The van der Waals surface area contributed by atoms with Crippen LogP contribution in [0.4, 0.5) is 5.82 Å². The first-order chi connectivity index (χ1) is 11.7. The van der Waals surface area contributed by atoms with Crippen LogP contribution in [0.25, 0.3) is 11.6 Å². The zero-order chi connectivity index (χ0) is 17.1. The first kappa shape index (κ1) is 15.4. The van der Waals surface area contributed by atoms with E-state index in [0.29, 0.717) is 17.1 Å². The molecule has 0 saturated carbocycles. The molecule has 3 rings (SSSR count). The van der Waals surface area contributed by atoms with Gasteiger partial charge in [-0.25, -0.2) is 4.68 Å². The van der Waals surface area contributed by atoms with Crippen LogP contribution in [0.15, 0.2) is 18.2 Å². The Morgan fingerprint density at radius 3 is 2.88 bits per heavy atom. The van der Waals surface area contributed by atoms with Crippen LogP contribution in [0.5, 0.6) is 11.5 Å². The van der Waals surface area contributed by atoms with Gasteiger partial charge in [0.1, 0.15) is 29.2 Å². The number of hydrogen-bond donors (Lipinski definition) is 2. The van der Waals surface area contributed by atoms with E-state index in [4.69, 9.17) is 20.3 Å². The third-order valence-corrected chi connectivity index (χ3v) is 3.50. The standard InChI is InChI=1S/C16H13N5O3/c17-7-11(5-10-1-2-13-14(6-10)24-9-23-13)15-12(8-18)16(19)21(20-15)3-4-22/h1-2,5-6,22H,3-4,9,19H2. The van der Waals surface area contributed by atoms with Crippen molar-refractivity contribution >= 4 is 17.5 Å². The maximum atomic E-state index is 9.46. The van der Waals surface area contributed by atoms with Crippen molar-refractivity contribution in [3.8, 4) is 23.6 Å². The molecule has 0 atom stereocenters. The Morgan fingerprint density at radius 1 is 1.38 bits per heavy atom. The molecule has 0 spiro atoms. The van der Waals surface area contributed by atoms with Crippen molar-refractivity contribution in [2.45, 2.75) is 6.54 Å². The van der Waals surface area contributed by atoms with Gasteiger partial charge in [0.2, 0.25) is 6.79 Å². The van der Waals surface area contributed by atoms with Gasteiger partial charge in [-0.2, -0.15) is 15.6 Å². The molecule has 0 saturated heterocycles. The van der Waals surface area contributed by atoms with E-state index < -0.39 is 0 Å². The van der Waals surface area contributed by atoms with Crippen LogP contribution in [0.3, 0.4) is 0 Å². The first-order valence-corrected chi connectivity index (χ1v) is 7.07. The van der Waals surface area contributed by atoms with Crippen LogP contribution in [0, 0.1) is 22.7 Å². The number of hydrogen-bond acceptors (Lipinski definition) is 7. The maximum Gasteiger partial charge on any atom is 0.231 e.